The van der Waals surface area contributed by atoms with Gasteiger partial charge in [0, 0.05) is 5.54 Å². The molecule has 1 rings (SSSR count). The Bertz CT molecular complexity index is 882. The zero-order valence-corrected chi connectivity index (χ0v) is 22.3. The van der Waals surface area contributed by atoms with E-state index in [1.54, 1.807) is 32.9 Å². The summed E-state index contributed by atoms with van der Waals surface area (Å²) in [5, 5.41) is 15.1. The fourth-order valence-electron chi connectivity index (χ4n) is 3.18. The number of carbonyl (C=O) groups excluding carboxylic acids is 3. The summed E-state index contributed by atoms with van der Waals surface area (Å²) in [5.74, 6) is -0.326. The second kappa shape index (κ2) is 12.7. The molecule has 2 N–H and O–H groups in total. The molecule has 3 amide bonds. The van der Waals surface area contributed by atoms with Gasteiger partial charge in [-0.3, -0.25) is 9.59 Å². The summed E-state index contributed by atoms with van der Waals surface area (Å²) in [7, 11) is 0. The van der Waals surface area contributed by atoms with Crippen LogP contribution in [0.4, 0.5) is 4.79 Å². The highest BCUT2D eigenvalue weighted by atomic mass is 32.2. The lowest BCUT2D eigenvalue weighted by Crippen LogP contribution is -2.54. The Morgan fingerprint density at radius 1 is 1.12 bits per heavy atom. The topological polar surface area (TPSA) is 112 Å². The maximum absolute atomic E-state index is 13.7. The Morgan fingerprint density at radius 2 is 1.71 bits per heavy atom. The summed E-state index contributed by atoms with van der Waals surface area (Å²) in [6.45, 7) is 12.3. The van der Waals surface area contributed by atoms with Crippen LogP contribution in [0.3, 0.4) is 0 Å². The number of aryl methyl sites for hydroxylation is 1. The van der Waals surface area contributed by atoms with Crippen LogP contribution in [0.15, 0.2) is 24.3 Å². The second-order valence-corrected chi connectivity index (χ2v) is 11.1. The van der Waals surface area contributed by atoms with E-state index in [0.29, 0.717) is 17.7 Å². The summed E-state index contributed by atoms with van der Waals surface area (Å²) in [6.07, 6.45) is 1.49. The van der Waals surface area contributed by atoms with Gasteiger partial charge < -0.3 is 20.3 Å². The first kappa shape index (κ1) is 29.3. The molecule has 0 fully saturated rings. The van der Waals surface area contributed by atoms with E-state index in [4.69, 9.17) is 4.74 Å². The summed E-state index contributed by atoms with van der Waals surface area (Å²) < 4.78 is 5.34. The van der Waals surface area contributed by atoms with Gasteiger partial charge in [-0.25, -0.2) is 4.79 Å². The molecule has 2 unspecified atom stereocenters. The molecule has 0 heterocycles. The molecule has 0 radical (unpaired) electrons. The minimum absolute atomic E-state index is 0.319. The van der Waals surface area contributed by atoms with E-state index < -0.39 is 41.1 Å². The lowest BCUT2D eigenvalue weighted by Gasteiger charge is -2.34. The lowest BCUT2D eigenvalue weighted by molar-refractivity contribution is -0.142. The van der Waals surface area contributed by atoms with Gasteiger partial charge in [0.2, 0.25) is 11.8 Å². The molecule has 0 spiro atoms. The molecule has 2 atom stereocenters. The van der Waals surface area contributed by atoms with E-state index in [1.165, 1.54) is 16.7 Å². The van der Waals surface area contributed by atoms with Crippen molar-refractivity contribution < 1.29 is 19.1 Å². The number of nitrogens with one attached hydrogen (secondary N) is 2. The van der Waals surface area contributed by atoms with E-state index >= 15 is 0 Å². The number of rotatable bonds is 9. The van der Waals surface area contributed by atoms with Gasteiger partial charge in [-0.2, -0.15) is 17.0 Å². The van der Waals surface area contributed by atoms with Crippen LogP contribution in [0.25, 0.3) is 0 Å². The molecule has 0 saturated heterocycles. The minimum Gasteiger partial charge on any atom is -0.444 e. The highest BCUT2D eigenvalue weighted by molar-refractivity contribution is 7.98. The Morgan fingerprint density at radius 3 is 2.18 bits per heavy atom. The van der Waals surface area contributed by atoms with Crippen molar-refractivity contribution in [3.8, 4) is 6.07 Å². The van der Waals surface area contributed by atoms with E-state index in [-0.39, 0.29) is 6.54 Å². The molecule has 34 heavy (non-hydrogen) atoms. The van der Waals surface area contributed by atoms with Crippen molar-refractivity contribution in [2.75, 3.05) is 18.6 Å². The molecule has 0 saturated carbocycles. The standard InChI is InChI=1S/C25H38N4O4S/c1-17-9-11-18(12-10-17)20(21(30)28-24(2,3)4)29(15-14-26)22(31)19(13-16-34-8)27-23(32)33-25(5,6)7/h9-12,19-20H,13,15-16H2,1-8H3,(H,27,32)(H,28,30). The molecule has 9 heteroatoms. The third-order valence-corrected chi connectivity index (χ3v) is 5.22. The molecule has 8 nitrogen and oxygen atoms in total. The maximum Gasteiger partial charge on any atom is 0.408 e. The van der Waals surface area contributed by atoms with Crippen molar-refractivity contribution >= 4 is 29.7 Å². The molecule has 0 aromatic heterocycles. The first-order valence-corrected chi connectivity index (χ1v) is 12.6. The van der Waals surface area contributed by atoms with Gasteiger partial charge in [-0.15, -0.1) is 0 Å². The number of hydrogen-bond acceptors (Lipinski definition) is 6. The van der Waals surface area contributed by atoms with Crippen molar-refractivity contribution in [2.24, 2.45) is 0 Å². The third kappa shape index (κ3) is 10.0. The minimum atomic E-state index is -1.04. The van der Waals surface area contributed by atoms with Gasteiger partial charge >= 0.3 is 6.09 Å². The van der Waals surface area contributed by atoms with Crippen LogP contribution in [0, 0.1) is 18.3 Å². The first-order valence-electron chi connectivity index (χ1n) is 11.2. The number of amides is 3. The number of nitriles is 1. The highest BCUT2D eigenvalue weighted by Gasteiger charge is 2.37. The third-order valence-electron chi connectivity index (χ3n) is 4.58. The fraction of sp³-hybridized carbons (Fsp3) is 0.600. The average Bonchev–Trinajstić information content (AvgIpc) is 2.69. The zero-order chi connectivity index (χ0) is 26.1. The Hall–Kier alpha value is -2.73. The zero-order valence-electron chi connectivity index (χ0n) is 21.5. The molecular formula is C25H38N4O4S. The monoisotopic (exact) mass is 490 g/mol. The second-order valence-electron chi connectivity index (χ2n) is 10.2. The quantitative estimate of drug-likeness (QED) is 0.507. The normalized spacial score (nSPS) is 13.3. The Kier molecular flexibility index (Phi) is 10.9. The highest BCUT2D eigenvalue weighted by Crippen LogP contribution is 2.24. The predicted molar refractivity (Wildman–Crippen MR) is 135 cm³/mol. The number of carbonyl (C=O) groups is 3. The summed E-state index contributed by atoms with van der Waals surface area (Å²) in [4.78, 5) is 40.8. The molecule has 1 aromatic carbocycles. The van der Waals surface area contributed by atoms with Crippen LogP contribution in [0.5, 0.6) is 0 Å². The molecule has 188 valence electrons. The van der Waals surface area contributed by atoms with Crippen molar-refractivity contribution in [3.63, 3.8) is 0 Å². The van der Waals surface area contributed by atoms with E-state index in [0.717, 1.165) is 5.56 Å². The van der Waals surface area contributed by atoms with Gasteiger partial charge in [-0.1, -0.05) is 29.8 Å². The summed E-state index contributed by atoms with van der Waals surface area (Å²) >= 11 is 1.53. The molecule has 1 aromatic rings. The Labute approximate surface area is 207 Å². The maximum atomic E-state index is 13.7. The SMILES string of the molecule is CSCCC(NC(=O)OC(C)(C)C)C(=O)N(CC#N)C(C(=O)NC(C)(C)C)c1ccc(C)cc1. The van der Waals surface area contributed by atoms with Gasteiger partial charge in [0.25, 0.3) is 0 Å². The van der Waals surface area contributed by atoms with E-state index in [2.05, 4.69) is 10.6 Å². The number of thioether (sulfide) groups is 1. The molecule has 0 bridgehead atoms. The molecule has 0 aliphatic carbocycles. The van der Waals surface area contributed by atoms with Gasteiger partial charge in [-0.05, 0) is 72.5 Å². The van der Waals surface area contributed by atoms with Crippen LogP contribution >= 0.6 is 11.8 Å². The van der Waals surface area contributed by atoms with Gasteiger partial charge in [0.05, 0.1) is 6.07 Å². The summed E-state index contributed by atoms with van der Waals surface area (Å²) in [6, 6.07) is 7.27. The predicted octanol–water partition coefficient (Wildman–Crippen LogP) is 3.95. The van der Waals surface area contributed by atoms with Crippen molar-refractivity contribution in [3.05, 3.63) is 35.4 Å². The van der Waals surface area contributed by atoms with E-state index in [1.807, 2.05) is 52.2 Å². The van der Waals surface area contributed by atoms with Crippen LogP contribution in [0.2, 0.25) is 0 Å². The molecule has 0 aliphatic rings. The fourth-order valence-corrected chi connectivity index (χ4v) is 3.65. The van der Waals surface area contributed by atoms with Crippen molar-refractivity contribution in [1.29, 1.82) is 5.26 Å². The summed E-state index contributed by atoms with van der Waals surface area (Å²) in [5.41, 5.74) is 0.299. The number of nitrogens with zero attached hydrogens (tertiary/aromatic N) is 2. The first-order chi connectivity index (χ1) is 15.7. The van der Waals surface area contributed by atoms with Crippen LogP contribution in [0.1, 0.15) is 65.1 Å². The molecule has 0 aliphatic heterocycles. The number of hydrogen-bond donors (Lipinski definition) is 2. The number of benzene rings is 1. The molecular weight excluding hydrogens is 452 g/mol. The average molecular weight is 491 g/mol. The van der Waals surface area contributed by atoms with E-state index in [9.17, 15) is 19.6 Å². The smallest absolute Gasteiger partial charge is 0.408 e. The van der Waals surface area contributed by atoms with Crippen LogP contribution < -0.4 is 10.6 Å². The lowest BCUT2D eigenvalue weighted by atomic mass is 9.99. The van der Waals surface area contributed by atoms with Gasteiger partial charge in [0.1, 0.15) is 24.2 Å². The Balaban J connectivity index is 3.42. The van der Waals surface area contributed by atoms with Crippen LogP contribution in [-0.2, 0) is 14.3 Å². The van der Waals surface area contributed by atoms with Crippen LogP contribution in [-0.4, -0.2) is 58.5 Å². The van der Waals surface area contributed by atoms with Crippen molar-refractivity contribution in [1.82, 2.24) is 15.5 Å². The largest absolute Gasteiger partial charge is 0.444 e. The number of alkyl carbamates (subject to hydrolysis) is 1. The van der Waals surface area contributed by atoms with Gasteiger partial charge in [0.15, 0.2) is 0 Å². The number of ether oxygens (including phenoxy) is 1. The van der Waals surface area contributed by atoms with Crippen molar-refractivity contribution in [2.45, 2.75) is 78.1 Å².